The van der Waals surface area contributed by atoms with E-state index in [4.69, 9.17) is 8.85 Å². The fraction of sp³-hybridized carbons (Fsp3) is 0.765. The topological polar surface area (TPSA) is 18.5 Å². The normalized spacial score (nSPS) is 16.7. The van der Waals surface area contributed by atoms with Crippen LogP contribution in [0.4, 0.5) is 0 Å². The summed E-state index contributed by atoms with van der Waals surface area (Å²) in [6.07, 6.45) is 5.83. The predicted molar refractivity (Wildman–Crippen MR) is 184 cm³/mol. The Kier molecular flexibility index (Phi) is 13.7. The monoisotopic (exact) mass is 590 g/mol. The van der Waals surface area contributed by atoms with E-state index in [1.54, 1.807) is 0 Å². The highest BCUT2D eigenvalue weighted by molar-refractivity contribution is 6.83. The fourth-order valence-electron chi connectivity index (χ4n) is 6.56. The van der Waals surface area contributed by atoms with Crippen LogP contribution in [0.2, 0.25) is 54.4 Å². The van der Waals surface area contributed by atoms with Crippen molar-refractivity contribution in [2.75, 3.05) is 0 Å². The molecule has 2 nitrogen and oxygen atoms in total. The molecule has 0 aromatic heterocycles. The van der Waals surface area contributed by atoms with Crippen LogP contribution in [-0.4, -0.2) is 36.9 Å². The first kappa shape index (κ1) is 36.6. The highest BCUT2D eigenvalue weighted by atomic mass is 28.4. The maximum Gasteiger partial charge on any atom is 0.201 e. The zero-order valence-electron chi connectivity index (χ0n) is 28.9. The van der Waals surface area contributed by atoms with Gasteiger partial charge in [0.05, 0.1) is 20.3 Å². The third-order valence-corrected chi connectivity index (χ3v) is 22.4. The summed E-state index contributed by atoms with van der Waals surface area (Å²) in [6, 6.07) is 11.2. The molecule has 0 saturated carbocycles. The van der Waals surface area contributed by atoms with Crippen molar-refractivity contribution in [1.82, 2.24) is 0 Å². The average Bonchev–Trinajstić information content (AvgIpc) is 2.79. The molecule has 0 bridgehead atoms. The van der Waals surface area contributed by atoms with Gasteiger partial charge in [-0.3, -0.25) is 0 Å². The molecule has 0 aliphatic rings. The third kappa shape index (κ3) is 9.26. The molecule has 0 aliphatic heterocycles. The van der Waals surface area contributed by atoms with Crippen molar-refractivity contribution in [3.63, 3.8) is 0 Å². The molecular formula is C34H66O2Si3. The van der Waals surface area contributed by atoms with Crippen molar-refractivity contribution in [1.29, 1.82) is 0 Å². The van der Waals surface area contributed by atoms with Crippen LogP contribution in [0.3, 0.4) is 0 Å². The lowest BCUT2D eigenvalue weighted by molar-refractivity contribution is 0.0464. The van der Waals surface area contributed by atoms with Crippen molar-refractivity contribution >= 4 is 24.7 Å². The summed E-state index contributed by atoms with van der Waals surface area (Å²) >= 11 is 0. The molecule has 3 atom stereocenters. The summed E-state index contributed by atoms with van der Waals surface area (Å²) in [4.78, 5) is 0. The molecule has 0 aliphatic carbocycles. The van der Waals surface area contributed by atoms with Gasteiger partial charge in [-0.2, -0.15) is 0 Å². The molecule has 0 fully saturated rings. The van der Waals surface area contributed by atoms with Crippen LogP contribution in [0.5, 0.6) is 0 Å². The molecule has 0 spiro atoms. The van der Waals surface area contributed by atoms with Gasteiger partial charge in [-0.25, -0.2) is 0 Å². The Morgan fingerprint density at radius 3 is 1.67 bits per heavy atom. The number of benzene rings is 1. The van der Waals surface area contributed by atoms with Gasteiger partial charge in [0.25, 0.3) is 0 Å². The Morgan fingerprint density at radius 1 is 0.821 bits per heavy atom. The van der Waals surface area contributed by atoms with Crippen LogP contribution < -0.4 is 0 Å². The first-order chi connectivity index (χ1) is 17.8. The van der Waals surface area contributed by atoms with E-state index in [1.165, 1.54) is 23.6 Å². The van der Waals surface area contributed by atoms with Gasteiger partial charge in [0.1, 0.15) is 0 Å². The minimum atomic E-state index is -2.16. The van der Waals surface area contributed by atoms with E-state index in [-0.39, 0.29) is 17.2 Å². The molecule has 1 aromatic rings. The minimum Gasteiger partial charge on any atom is -0.411 e. The van der Waals surface area contributed by atoms with Crippen molar-refractivity contribution in [3.8, 4) is 0 Å². The summed E-state index contributed by atoms with van der Waals surface area (Å²) in [7, 11) is -5.93. The fourth-order valence-corrected chi connectivity index (χ4v) is 15.5. The molecule has 1 unspecified atom stereocenters. The second-order valence-corrected chi connectivity index (χ2v) is 30.6. The van der Waals surface area contributed by atoms with Crippen molar-refractivity contribution in [3.05, 3.63) is 47.2 Å². The average molecular weight is 591 g/mol. The van der Waals surface area contributed by atoms with Gasteiger partial charge in [0.15, 0.2) is 8.32 Å². The molecule has 1 aromatic carbocycles. The summed E-state index contributed by atoms with van der Waals surface area (Å²) in [5.41, 5.74) is 3.05. The zero-order chi connectivity index (χ0) is 30.4. The minimum absolute atomic E-state index is 0.0118. The molecule has 1 rings (SSSR count). The molecule has 0 N–H and O–H groups in total. The summed E-state index contributed by atoms with van der Waals surface area (Å²) in [6.45, 7) is 38.5. The second kappa shape index (κ2) is 14.6. The first-order valence-electron chi connectivity index (χ1n) is 15.8. The van der Waals surface area contributed by atoms with Crippen LogP contribution in [0.25, 0.3) is 0 Å². The molecule has 0 amide bonds. The van der Waals surface area contributed by atoms with Gasteiger partial charge in [0, 0.05) is 0 Å². The lowest BCUT2D eigenvalue weighted by atomic mass is 9.88. The SMILES string of the molecule is C/C=C(/[C@@H](O[Si](C(C)C)(C(C)C)C(C)C)[C@H](CC(CCC)c1ccccc1)O[Si](C)(C)C(C)(C)C)[Si](C)(C)C. The Balaban J connectivity index is 3.93. The smallest absolute Gasteiger partial charge is 0.201 e. The first-order valence-corrected chi connectivity index (χ1v) is 24.4. The predicted octanol–water partition coefficient (Wildman–Crippen LogP) is 11.7. The summed E-state index contributed by atoms with van der Waals surface area (Å²) in [5.74, 6) is 0.463. The van der Waals surface area contributed by atoms with E-state index >= 15 is 0 Å². The third-order valence-electron chi connectivity index (χ3n) is 9.54. The quantitative estimate of drug-likeness (QED) is 0.189. The Bertz CT molecular complexity index is 854. The second-order valence-electron chi connectivity index (χ2n) is 15.4. The van der Waals surface area contributed by atoms with Gasteiger partial charge in [-0.05, 0) is 66.0 Å². The molecule has 0 heterocycles. The Morgan fingerprint density at radius 2 is 1.31 bits per heavy atom. The number of rotatable bonds is 15. The van der Waals surface area contributed by atoms with Crippen LogP contribution in [-0.2, 0) is 8.85 Å². The van der Waals surface area contributed by atoms with Crippen LogP contribution in [0.1, 0.15) is 107 Å². The van der Waals surface area contributed by atoms with Crippen molar-refractivity contribution in [2.45, 2.75) is 168 Å². The lowest BCUT2D eigenvalue weighted by Gasteiger charge is -2.50. The van der Waals surface area contributed by atoms with E-state index in [0.29, 0.717) is 22.5 Å². The molecule has 39 heavy (non-hydrogen) atoms. The van der Waals surface area contributed by atoms with Gasteiger partial charge in [0.2, 0.25) is 8.32 Å². The summed E-state index contributed by atoms with van der Waals surface area (Å²) in [5, 5.41) is 1.68. The van der Waals surface area contributed by atoms with Crippen LogP contribution >= 0.6 is 0 Å². The highest BCUT2D eigenvalue weighted by Crippen LogP contribution is 2.47. The van der Waals surface area contributed by atoms with Crippen LogP contribution in [0.15, 0.2) is 41.6 Å². The summed E-state index contributed by atoms with van der Waals surface area (Å²) < 4.78 is 15.4. The molecule has 0 saturated heterocycles. The van der Waals surface area contributed by atoms with E-state index < -0.39 is 24.7 Å². The van der Waals surface area contributed by atoms with Gasteiger partial charge < -0.3 is 8.85 Å². The van der Waals surface area contributed by atoms with Crippen molar-refractivity contribution < 1.29 is 8.85 Å². The molecular weight excluding hydrogens is 525 g/mol. The zero-order valence-corrected chi connectivity index (χ0v) is 31.9. The highest BCUT2D eigenvalue weighted by Gasteiger charge is 2.51. The van der Waals surface area contributed by atoms with Gasteiger partial charge in [-0.15, -0.1) is 0 Å². The Labute approximate surface area is 248 Å². The van der Waals surface area contributed by atoms with E-state index in [9.17, 15) is 0 Å². The molecule has 5 heteroatoms. The maximum atomic E-state index is 7.84. The van der Waals surface area contributed by atoms with Gasteiger partial charge in [-0.1, -0.05) is 137 Å². The standard InChI is InChI=1S/C34H66O2Si3/c1-17-22-30(29-23-20-19-21-24-29)25-31(35-38(15,16)34(9,10)11)33(32(18-2)37(12,13)14)36-39(26(3)4,27(5)6)28(7)8/h18-21,23-24,26-28,30-31,33H,17,22,25H2,1-16H3/b32-18-/t30?,31-,33-/m0/s1. The van der Waals surface area contributed by atoms with E-state index in [0.717, 1.165) is 6.42 Å². The largest absolute Gasteiger partial charge is 0.411 e. The lowest BCUT2D eigenvalue weighted by Crippen LogP contribution is -2.57. The number of hydrogen-bond acceptors (Lipinski definition) is 2. The number of allylic oxidation sites excluding steroid dienone is 1. The van der Waals surface area contributed by atoms with Gasteiger partial charge >= 0.3 is 0 Å². The molecule has 0 radical (unpaired) electrons. The molecule has 226 valence electrons. The van der Waals surface area contributed by atoms with E-state index in [1.807, 2.05) is 0 Å². The van der Waals surface area contributed by atoms with E-state index in [2.05, 4.69) is 145 Å². The maximum absolute atomic E-state index is 7.84. The Hall–Kier alpha value is -0.469. The number of hydrogen-bond donors (Lipinski definition) is 0. The van der Waals surface area contributed by atoms with Crippen LogP contribution in [0, 0.1) is 0 Å². The van der Waals surface area contributed by atoms with Crippen molar-refractivity contribution in [2.24, 2.45) is 0 Å².